The van der Waals surface area contributed by atoms with Crippen molar-refractivity contribution < 1.29 is 19.4 Å². The second kappa shape index (κ2) is 5.66. The second-order valence-electron chi connectivity index (χ2n) is 3.28. The summed E-state index contributed by atoms with van der Waals surface area (Å²) in [6, 6.07) is 4.47. The quantitative estimate of drug-likeness (QED) is 0.623. The van der Waals surface area contributed by atoms with Gasteiger partial charge in [0, 0.05) is 5.56 Å². The van der Waals surface area contributed by atoms with Gasteiger partial charge in [-0.1, -0.05) is 0 Å². The van der Waals surface area contributed by atoms with Gasteiger partial charge in [-0.25, -0.2) is 0 Å². The maximum atomic E-state index is 11.3. The number of esters is 1. The van der Waals surface area contributed by atoms with Gasteiger partial charge in [-0.05, 0) is 19.1 Å². The summed E-state index contributed by atoms with van der Waals surface area (Å²) >= 11 is 0. The Hall–Kier alpha value is -2.35. The highest BCUT2D eigenvalue weighted by Gasteiger charge is 2.13. The van der Waals surface area contributed by atoms with Crippen molar-refractivity contribution in [1.29, 1.82) is 5.26 Å². The van der Waals surface area contributed by atoms with Crippen molar-refractivity contribution in [3.63, 3.8) is 0 Å². The maximum Gasteiger partial charge on any atom is 0.310 e. The number of nitriles is 1. The van der Waals surface area contributed by atoms with Crippen molar-refractivity contribution in [1.82, 2.24) is 0 Å². The Bertz CT molecular complexity index is 488. The van der Waals surface area contributed by atoms with Gasteiger partial charge in [0.05, 0.1) is 30.2 Å². The Morgan fingerprint density at radius 2 is 2.29 bits per heavy atom. The van der Waals surface area contributed by atoms with Crippen molar-refractivity contribution in [3.05, 3.63) is 28.8 Å². The molecule has 1 rings (SSSR count). The lowest BCUT2D eigenvalue weighted by Gasteiger charge is -2.07. The molecule has 0 spiro atoms. The van der Waals surface area contributed by atoms with E-state index in [-0.39, 0.29) is 35.5 Å². The molecule has 0 saturated heterocycles. The summed E-state index contributed by atoms with van der Waals surface area (Å²) in [6.07, 6.45) is 0.265. The molecule has 0 heterocycles. The number of hydrogen-bond acceptors (Lipinski definition) is 5. The molecular formula is C12H11NO4. The molecule has 0 unspecified atom stereocenters. The van der Waals surface area contributed by atoms with Gasteiger partial charge >= 0.3 is 5.97 Å². The first-order valence-electron chi connectivity index (χ1n) is 4.99. The highest BCUT2D eigenvalue weighted by atomic mass is 16.5. The molecule has 5 nitrogen and oxygen atoms in total. The number of rotatable bonds is 4. The minimum Gasteiger partial charge on any atom is -0.507 e. The van der Waals surface area contributed by atoms with Crippen LogP contribution in [0.1, 0.15) is 28.4 Å². The Morgan fingerprint density at radius 1 is 1.59 bits per heavy atom. The smallest absolute Gasteiger partial charge is 0.310 e. The Morgan fingerprint density at radius 3 is 2.82 bits per heavy atom. The molecule has 1 aromatic rings. The first-order valence-corrected chi connectivity index (χ1v) is 4.99. The van der Waals surface area contributed by atoms with E-state index in [4.69, 9.17) is 10.00 Å². The number of phenols is 1. The molecule has 0 saturated carbocycles. The van der Waals surface area contributed by atoms with E-state index in [0.29, 0.717) is 6.29 Å². The Labute approximate surface area is 98.2 Å². The van der Waals surface area contributed by atoms with Gasteiger partial charge in [0.1, 0.15) is 5.75 Å². The number of ether oxygens (including phenoxy) is 1. The predicted octanol–water partition coefficient (Wildman–Crippen LogP) is 1.18. The maximum absolute atomic E-state index is 11.3. The minimum atomic E-state index is -0.519. The number of carbonyl (C=O) groups excluding carboxylic acids is 2. The molecule has 0 fully saturated rings. The van der Waals surface area contributed by atoms with Gasteiger partial charge in [0.15, 0.2) is 6.29 Å². The fraction of sp³-hybridized carbons (Fsp3) is 0.250. The molecule has 0 aliphatic heterocycles. The van der Waals surface area contributed by atoms with Gasteiger partial charge in [-0.3, -0.25) is 9.59 Å². The summed E-state index contributed by atoms with van der Waals surface area (Å²) < 4.78 is 4.73. The van der Waals surface area contributed by atoms with Crippen molar-refractivity contribution in [2.24, 2.45) is 0 Å². The molecule has 0 aliphatic carbocycles. The highest BCUT2D eigenvalue weighted by molar-refractivity contribution is 5.83. The molecule has 88 valence electrons. The lowest BCUT2D eigenvalue weighted by Crippen LogP contribution is -2.08. The third-order valence-corrected chi connectivity index (χ3v) is 2.11. The molecule has 1 N–H and O–H groups in total. The number of aromatic hydroxyl groups is 1. The Kier molecular flexibility index (Phi) is 4.23. The van der Waals surface area contributed by atoms with E-state index in [1.54, 1.807) is 6.92 Å². The molecule has 0 aromatic heterocycles. The van der Waals surface area contributed by atoms with E-state index in [1.807, 2.05) is 6.07 Å². The first kappa shape index (κ1) is 12.7. The van der Waals surface area contributed by atoms with E-state index in [0.717, 1.165) is 0 Å². The van der Waals surface area contributed by atoms with Crippen LogP contribution < -0.4 is 0 Å². The zero-order valence-corrected chi connectivity index (χ0v) is 9.27. The second-order valence-corrected chi connectivity index (χ2v) is 3.28. The topological polar surface area (TPSA) is 87.4 Å². The molecule has 5 heteroatoms. The lowest BCUT2D eigenvalue weighted by atomic mass is 10.0. The zero-order chi connectivity index (χ0) is 12.8. The number of nitrogens with zero attached hydrogens (tertiary/aromatic N) is 1. The van der Waals surface area contributed by atoms with Gasteiger partial charge in [0.25, 0.3) is 0 Å². The molecule has 0 atom stereocenters. The first-order chi connectivity index (χ1) is 8.12. The molecule has 0 amide bonds. The number of carbonyl (C=O) groups is 2. The van der Waals surface area contributed by atoms with Crippen LogP contribution in [0.15, 0.2) is 12.1 Å². The van der Waals surface area contributed by atoms with Crippen LogP contribution in [0.4, 0.5) is 0 Å². The summed E-state index contributed by atoms with van der Waals surface area (Å²) in [6.45, 7) is 1.90. The van der Waals surface area contributed by atoms with Crippen LogP contribution in [0.2, 0.25) is 0 Å². The standard InChI is InChI=1S/C12H11NO4/c1-2-17-11(15)5-9-3-8(6-13)4-10(7-14)12(9)16/h3-4,7,16H,2,5H2,1H3. The van der Waals surface area contributed by atoms with Crippen LogP contribution in [0.25, 0.3) is 0 Å². The lowest BCUT2D eigenvalue weighted by molar-refractivity contribution is -0.142. The van der Waals surface area contributed by atoms with Gasteiger partial charge in [-0.15, -0.1) is 0 Å². The normalized spacial score (nSPS) is 9.41. The molecule has 0 radical (unpaired) electrons. The average Bonchev–Trinajstić information content (AvgIpc) is 2.32. The molecule has 0 bridgehead atoms. The SMILES string of the molecule is CCOC(=O)Cc1cc(C#N)cc(C=O)c1O. The third-order valence-electron chi connectivity index (χ3n) is 2.11. The van der Waals surface area contributed by atoms with Crippen LogP contribution in [0.3, 0.4) is 0 Å². The summed E-state index contributed by atoms with van der Waals surface area (Å²) in [7, 11) is 0. The van der Waals surface area contributed by atoms with Crippen molar-refractivity contribution in [3.8, 4) is 11.8 Å². The van der Waals surface area contributed by atoms with Gasteiger partial charge in [-0.2, -0.15) is 5.26 Å². The van der Waals surface area contributed by atoms with E-state index < -0.39 is 5.97 Å². The number of aldehydes is 1. The molecule has 17 heavy (non-hydrogen) atoms. The predicted molar refractivity (Wildman–Crippen MR) is 58.5 cm³/mol. The van der Waals surface area contributed by atoms with E-state index in [1.165, 1.54) is 12.1 Å². The third kappa shape index (κ3) is 3.05. The van der Waals surface area contributed by atoms with Crippen molar-refractivity contribution >= 4 is 12.3 Å². The summed E-state index contributed by atoms with van der Waals surface area (Å²) in [5.41, 5.74) is 0.414. The number of hydrogen-bond donors (Lipinski definition) is 1. The minimum absolute atomic E-state index is 0.0108. The molecular weight excluding hydrogens is 222 g/mol. The summed E-state index contributed by atoms with van der Waals surface area (Å²) in [5, 5.41) is 18.4. The largest absolute Gasteiger partial charge is 0.507 e. The van der Waals surface area contributed by atoms with Crippen molar-refractivity contribution in [2.45, 2.75) is 13.3 Å². The molecule has 1 aromatic carbocycles. The molecule has 0 aliphatic rings. The summed E-state index contributed by atoms with van der Waals surface area (Å²) in [5.74, 6) is -0.804. The van der Waals surface area contributed by atoms with Crippen molar-refractivity contribution in [2.75, 3.05) is 6.61 Å². The average molecular weight is 233 g/mol. The van der Waals surface area contributed by atoms with Crippen LogP contribution >= 0.6 is 0 Å². The van der Waals surface area contributed by atoms with Crippen LogP contribution in [0, 0.1) is 11.3 Å². The van der Waals surface area contributed by atoms with Gasteiger partial charge in [0.2, 0.25) is 0 Å². The zero-order valence-electron chi connectivity index (χ0n) is 9.27. The van der Waals surface area contributed by atoms with Gasteiger partial charge < -0.3 is 9.84 Å². The number of benzene rings is 1. The number of phenolic OH excluding ortho intramolecular Hbond substituents is 1. The van der Waals surface area contributed by atoms with Crippen LogP contribution in [0.5, 0.6) is 5.75 Å². The summed E-state index contributed by atoms with van der Waals surface area (Å²) in [4.78, 5) is 21.9. The fourth-order valence-corrected chi connectivity index (χ4v) is 1.38. The fourth-order valence-electron chi connectivity index (χ4n) is 1.38. The van der Waals surface area contributed by atoms with Crippen LogP contribution in [-0.4, -0.2) is 24.0 Å². The van der Waals surface area contributed by atoms with Crippen LogP contribution in [-0.2, 0) is 16.0 Å². The van der Waals surface area contributed by atoms with E-state index >= 15 is 0 Å². The van der Waals surface area contributed by atoms with E-state index in [2.05, 4.69) is 0 Å². The Balaban J connectivity index is 3.10. The monoisotopic (exact) mass is 233 g/mol. The highest BCUT2D eigenvalue weighted by Crippen LogP contribution is 2.24. The van der Waals surface area contributed by atoms with E-state index in [9.17, 15) is 14.7 Å².